The Morgan fingerprint density at radius 1 is 1.42 bits per heavy atom. The zero-order chi connectivity index (χ0) is 14.2. The van der Waals surface area contributed by atoms with Gasteiger partial charge < -0.3 is 4.90 Å². The van der Waals surface area contributed by atoms with Crippen molar-refractivity contribution in [2.45, 2.75) is 17.9 Å². The number of nitrogens with one attached hydrogen (secondary N) is 1. The van der Waals surface area contributed by atoms with Crippen LogP contribution in [-0.2, 0) is 10.0 Å². The smallest absolute Gasteiger partial charge is 0.240 e. The van der Waals surface area contributed by atoms with E-state index in [0.29, 0.717) is 6.54 Å². The molecule has 0 radical (unpaired) electrons. The number of sulfonamides is 1. The van der Waals surface area contributed by atoms with Crippen molar-refractivity contribution in [2.75, 3.05) is 20.1 Å². The summed E-state index contributed by atoms with van der Waals surface area (Å²) in [5, 5.41) is -0.195. The Morgan fingerprint density at radius 3 is 2.63 bits per heavy atom. The lowest BCUT2D eigenvalue weighted by atomic mass is 10.1. The van der Waals surface area contributed by atoms with E-state index in [0.717, 1.165) is 18.7 Å². The van der Waals surface area contributed by atoms with Gasteiger partial charge in [0.25, 0.3) is 0 Å². The summed E-state index contributed by atoms with van der Waals surface area (Å²) in [5.74, 6) is -0.398. The standard InChI is InChI=1S/C12H16ClFN2O2S/c1-8-6-16(2)7-12(8)15-19(17,18)9-3-4-11(14)10(13)5-9/h3-5,8,12,15H,6-7H2,1-2H3/t8-,12-/m0/s1. The van der Waals surface area contributed by atoms with Gasteiger partial charge in [-0.2, -0.15) is 0 Å². The molecule has 0 saturated carbocycles. The summed E-state index contributed by atoms with van der Waals surface area (Å²) in [6.07, 6.45) is 0. The molecule has 1 heterocycles. The number of likely N-dealkylation sites (N-methyl/N-ethyl adjacent to an activating group) is 1. The van der Waals surface area contributed by atoms with Gasteiger partial charge in [-0.3, -0.25) is 0 Å². The summed E-state index contributed by atoms with van der Waals surface area (Å²) in [6, 6.07) is 3.26. The normalized spacial score (nSPS) is 24.8. The third kappa shape index (κ3) is 3.25. The first-order chi connectivity index (χ1) is 8.79. The second-order valence-corrected chi connectivity index (χ2v) is 7.12. The van der Waals surface area contributed by atoms with Crippen LogP contribution in [0.1, 0.15) is 6.92 Å². The molecule has 1 saturated heterocycles. The van der Waals surface area contributed by atoms with Crippen LogP contribution in [0.5, 0.6) is 0 Å². The number of rotatable bonds is 3. The summed E-state index contributed by atoms with van der Waals surface area (Å²) in [4.78, 5) is 2.05. The van der Waals surface area contributed by atoms with Crippen LogP contribution in [0.2, 0.25) is 5.02 Å². The van der Waals surface area contributed by atoms with E-state index in [9.17, 15) is 12.8 Å². The lowest BCUT2D eigenvalue weighted by Gasteiger charge is -2.16. The Labute approximate surface area is 117 Å². The van der Waals surface area contributed by atoms with E-state index in [4.69, 9.17) is 11.6 Å². The summed E-state index contributed by atoms with van der Waals surface area (Å²) in [6.45, 7) is 3.50. The number of benzene rings is 1. The monoisotopic (exact) mass is 306 g/mol. The molecule has 1 aromatic carbocycles. The zero-order valence-corrected chi connectivity index (χ0v) is 12.3. The van der Waals surface area contributed by atoms with E-state index < -0.39 is 15.8 Å². The molecule has 0 aliphatic carbocycles. The van der Waals surface area contributed by atoms with Crippen LogP contribution in [0, 0.1) is 11.7 Å². The van der Waals surface area contributed by atoms with Crippen LogP contribution >= 0.6 is 11.6 Å². The minimum atomic E-state index is -3.67. The first kappa shape index (κ1) is 14.7. The largest absolute Gasteiger partial charge is 0.304 e. The average Bonchev–Trinajstić information content (AvgIpc) is 2.60. The zero-order valence-electron chi connectivity index (χ0n) is 10.7. The molecule has 0 bridgehead atoms. The molecular formula is C12H16ClFN2O2S. The van der Waals surface area contributed by atoms with E-state index >= 15 is 0 Å². The molecule has 2 rings (SSSR count). The van der Waals surface area contributed by atoms with Crippen LogP contribution in [0.15, 0.2) is 23.1 Å². The molecule has 2 atom stereocenters. The number of halogens is 2. The summed E-state index contributed by atoms with van der Waals surface area (Å²) in [7, 11) is -1.72. The van der Waals surface area contributed by atoms with Gasteiger partial charge in [0, 0.05) is 19.1 Å². The second-order valence-electron chi connectivity index (χ2n) is 5.00. The molecule has 1 aromatic rings. The summed E-state index contributed by atoms with van der Waals surface area (Å²) >= 11 is 5.61. The lowest BCUT2D eigenvalue weighted by molar-refractivity contribution is 0.400. The summed E-state index contributed by atoms with van der Waals surface area (Å²) < 4.78 is 40.1. The molecule has 0 unspecified atom stereocenters. The number of nitrogens with zero attached hydrogens (tertiary/aromatic N) is 1. The molecule has 7 heteroatoms. The molecule has 0 spiro atoms. The van der Waals surface area contributed by atoms with Gasteiger partial charge >= 0.3 is 0 Å². The molecule has 19 heavy (non-hydrogen) atoms. The van der Waals surface area contributed by atoms with Crippen LogP contribution < -0.4 is 4.72 Å². The molecule has 106 valence electrons. The lowest BCUT2D eigenvalue weighted by Crippen LogP contribution is -2.39. The molecule has 1 fully saturated rings. The highest BCUT2D eigenvalue weighted by atomic mass is 35.5. The van der Waals surface area contributed by atoms with Gasteiger partial charge in [-0.15, -0.1) is 0 Å². The van der Waals surface area contributed by atoms with Gasteiger partial charge in [-0.25, -0.2) is 17.5 Å². The maximum Gasteiger partial charge on any atom is 0.240 e. The van der Waals surface area contributed by atoms with Crippen LogP contribution in [0.4, 0.5) is 4.39 Å². The number of likely N-dealkylation sites (tertiary alicyclic amines) is 1. The number of hydrogen-bond acceptors (Lipinski definition) is 3. The van der Waals surface area contributed by atoms with Crippen molar-refractivity contribution in [3.8, 4) is 0 Å². The van der Waals surface area contributed by atoms with Crippen molar-refractivity contribution in [3.05, 3.63) is 29.0 Å². The van der Waals surface area contributed by atoms with Crippen molar-refractivity contribution in [3.63, 3.8) is 0 Å². The fourth-order valence-corrected chi connectivity index (χ4v) is 3.88. The van der Waals surface area contributed by atoms with Gasteiger partial charge in [0.2, 0.25) is 10.0 Å². The average molecular weight is 307 g/mol. The van der Waals surface area contributed by atoms with Crippen molar-refractivity contribution in [1.29, 1.82) is 0 Å². The molecule has 1 N–H and O–H groups in total. The topological polar surface area (TPSA) is 49.4 Å². The Balaban J connectivity index is 2.20. The molecule has 1 aliphatic rings. The van der Waals surface area contributed by atoms with E-state index in [1.165, 1.54) is 6.07 Å². The van der Waals surface area contributed by atoms with Gasteiger partial charge in [-0.1, -0.05) is 18.5 Å². The number of hydrogen-bond donors (Lipinski definition) is 1. The maximum absolute atomic E-state index is 13.1. The molecule has 1 aliphatic heterocycles. The Morgan fingerprint density at radius 2 is 2.11 bits per heavy atom. The highest BCUT2D eigenvalue weighted by Gasteiger charge is 2.31. The van der Waals surface area contributed by atoms with E-state index in [-0.39, 0.29) is 21.9 Å². The fourth-order valence-electron chi connectivity index (χ4n) is 2.27. The third-order valence-electron chi connectivity index (χ3n) is 3.30. The van der Waals surface area contributed by atoms with Gasteiger partial charge in [0.1, 0.15) is 5.82 Å². The first-order valence-corrected chi connectivity index (χ1v) is 7.81. The van der Waals surface area contributed by atoms with Crippen molar-refractivity contribution in [2.24, 2.45) is 5.92 Å². The van der Waals surface area contributed by atoms with E-state index in [1.54, 1.807) is 0 Å². The fraction of sp³-hybridized carbons (Fsp3) is 0.500. The van der Waals surface area contributed by atoms with E-state index in [1.807, 2.05) is 14.0 Å². The summed E-state index contributed by atoms with van der Waals surface area (Å²) in [5.41, 5.74) is 0. The van der Waals surface area contributed by atoms with Crippen LogP contribution in [-0.4, -0.2) is 39.5 Å². The van der Waals surface area contributed by atoms with Gasteiger partial charge in [0.05, 0.1) is 9.92 Å². The van der Waals surface area contributed by atoms with E-state index in [2.05, 4.69) is 9.62 Å². The molecule has 4 nitrogen and oxygen atoms in total. The van der Waals surface area contributed by atoms with Crippen LogP contribution in [0.3, 0.4) is 0 Å². The highest BCUT2D eigenvalue weighted by molar-refractivity contribution is 7.89. The quantitative estimate of drug-likeness (QED) is 0.925. The third-order valence-corrected chi connectivity index (χ3v) is 5.08. The van der Waals surface area contributed by atoms with Crippen molar-refractivity contribution >= 4 is 21.6 Å². The second kappa shape index (κ2) is 5.36. The van der Waals surface area contributed by atoms with Crippen LogP contribution in [0.25, 0.3) is 0 Å². The molecular weight excluding hydrogens is 291 g/mol. The predicted octanol–water partition coefficient (Wildman–Crippen LogP) is 1.71. The predicted molar refractivity (Wildman–Crippen MR) is 72.2 cm³/mol. The Kier molecular flexibility index (Phi) is 4.15. The highest BCUT2D eigenvalue weighted by Crippen LogP contribution is 2.21. The molecule has 0 aromatic heterocycles. The minimum absolute atomic E-state index is 0.0133. The maximum atomic E-state index is 13.1. The van der Waals surface area contributed by atoms with Crippen molar-refractivity contribution < 1.29 is 12.8 Å². The minimum Gasteiger partial charge on any atom is -0.304 e. The first-order valence-electron chi connectivity index (χ1n) is 5.95. The molecule has 0 amide bonds. The SMILES string of the molecule is C[C@H]1CN(C)C[C@@H]1NS(=O)(=O)c1ccc(F)c(Cl)c1. The van der Waals surface area contributed by atoms with Gasteiger partial charge in [0.15, 0.2) is 0 Å². The Hall–Kier alpha value is -0.690. The van der Waals surface area contributed by atoms with Gasteiger partial charge in [-0.05, 0) is 31.2 Å². The Bertz CT molecular complexity index is 579. The van der Waals surface area contributed by atoms with Crippen molar-refractivity contribution in [1.82, 2.24) is 9.62 Å².